The van der Waals surface area contributed by atoms with E-state index in [1.54, 1.807) is 0 Å². The quantitative estimate of drug-likeness (QED) is 0.784. The number of hydrogen-bond donors (Lipinski definition) is 2. The molecule has 0 bridgehead atoms. The Morgan fingerprint density at radius 3 is 2.62 bits per heavy atom. The van der Waals surface area contributed by atoms with Crippen molar-refractivity contribution in [3.63, 3.8) is 0 Å². The molecule has 0 spiro atoms. The molecule has 1 saturated heterocycles. The number of amides is 1. The fraction of sp³-hybridized carbons (Fsp3) is 0.909. The molecule has 4 nitrogen and oxygen atoms in total. The molecular weight excluding hydrogens is 228 g/mol. The molecular formula is C11H23ClN2O2. The summed E-state index contributed by atoms with van der Waals surface area (Å²) in [6, 6.07) is -0.445. The highest BCUT2D eigenvalue weighted by Crippen LogP contribution is 2.17. The van der Waals surface area contributed by atoms with Crippen molar-refractivity contribution in [3.8, 4) is 0 Å². The third-order valence-corrected chi connectivity index (χ3v) is 2.80. The van der Waals surface area contributed by atoms with Gasteiger partial charge in [0.15, 0.2) is 0 Å². The van der Waals surface area contributed by atoms with Crippen LogP contribution in [0.5, 0.6) is 0 Å². The lowest BCUT2D eigenvalue weighted by Gasteiger charge is -2.26. The summed E-state index contributed by atoms with van der Waals surface area (Å²) in [6.45, 7) is 8.15. The molecule has 1 unspecified atom stereocenters. The number of carbonyl (C=O) groups excluding carboxylic acids is 1. The van der Waals surface area contributed by atoms with Crippen molar-refractivity contribution in [3.05, 3.63) is 0 Å². The van der Waals surface area contributed by atoms with Crippen LogP contribution < -0.4 is 11.1 Å². The summed E-state index contributed by atoms with van der Waals surface area (Å²) in [5.74, 6) is 0.399. The van der Waals surface area contributed by atoms with Crippen molar-refractivity contribution in [2.24, 2.45) is 17.1 Å². The van der Waals surface area contributed by atoms with E-state index < -0.39 is 6.04 Å². The molecule has 1 heterocycles. The molecule has 5 heteroatoms. The first-order valence-electron chi connectivity index (χ1n) is 5.52. The van der Waals surface area contributed by atoms with Gasteiger partial charge in [0.1, 0.15) is 0 Å². The van der Waals surface area contributed by atoms with Crippen molar-refractivity contribution in [1.29, 1.82) is 0 Å². The van der Waals surface area contributed by atoms with E-state index in [-0.39, 0.29) is 23.7 Å². The summed E-state index contributed by atoms with van der Waals surface area (Å²) in [5, 5.41) is 2.89. The average Bonchev–Trinajstić information content (AvgIpc) is 2.63. The average molecular weight is 251 g/mol. The number of ether oxygens (including phenoxy) is 1. The van der Waals surface area contributed by atoms with E-state index >= 15 is 0 Å². The van der Waals surface area contributed by atoms with E-state index in [0.717, 1.165) is 19.6 Å². The largest absolute Gasteiger partial charge is 0.381 e. The third kappa shape index (κ3) is 4.68. The molecule has 3 N–H and O–H groups in total. The van der Waals surface area contributed by atoms with E-state index in [0.29, 0.717) is 12.5 Å². The second kappa shape index (κ2) is 6.42. The molecule has 2 atom stereocenters. The van der Waals surface area contributed by atoms with Crippen molar-refractivity contribution >= 4 is 18.3 Å². The van der Waals surface area contributed by atoms with Crippen LogP contribution in [-0.2, 0) is 9.53 Å². The molecule has 96 valence electrons. The maximum absolute atomic E-state index is 11.7. The Hall–Kier alpha value is -0.320. The van der Waals surface area contributed by atoms with Gasteiger partial charge in [-0.1, -0.05) is 20.8 Å². The van der Waals surface area contributed by atoms with Gasteiger partial charge in [0.2, 0.25) is 5.91 Å². The first-order valence-corrected chi connectivity index (χ1v) is 5.52. The molecule has 1 rings (SSSR count). The lowest BCUT2D eigenvalue weighted by atomic mass is 9.87. The Kier molecular flexibility index (Phi) is 6.30. The van der Waals surface area contributed by atoms with Crippen molar-refractivity contribution < 1.29 is 9.53 Å². The summed E-state index contributed by atoms with van der Waals surface area (Å²) < 4.78 is 5.23. The van der Waals surface area contributed by atoms with Gasteiger partial charge in [0.25, 0.3) is 0 Å². The van der Waals surface area contributed by atoms with Gasteiger partial charge in [0, 0.05) is 19.1 Å². The highest BCUT2D eigenvalue weighted by atomic mass is 35.5. The molecule has 1 amide bonds. The summed E-state index contributed by atoms with van der Waals surface area (Å²) in [4.78, 5) is 11.7. The molecule has 1 aliphatic heterocycles. The molecule has 16 heavy (non-hydrogen) atoms. The highest BCUT2D eigenvalue weighted by molar-refractivity contribution is 5.85. The van der Waals surface area contributed by atoms with Gasteiger partial charge in [-0.15, -0.1) is 12.4 Å². The maximum Gasteiger partial charge on any atom is 0.237 e. The maximum atomic E-state index is 11.7. The number of nitrogens with one attached hydrogen (secondary N) is 1. The lowest BCUT2D eigenvalue weighted by Crippen LogP contribution is -2.49. The first-order chi connectivity index (χ1) is 6.91. The molecule has 0 aliphatic carbocycles. The number of halogens is 1. The monoisotopic (exact) mass is 250 g/mol. The summed E-state index contributed by atoms with van der Waals surface area (Å²) in [5.41, 5.74) is 5.65. The van der Waals surface area contributed by atoms with Crippen LogP contribution in [0.4, 0.5) is 0 Å². The molecule has 1 fully saturated rings. The molecule has 0 aromatic rings. The standard InChI is InChI=1S/C11H22N2O2.ClH/c1-11(2,3)9(12)10(14)13-6-8-4-5-15-7-8;/h8-9H,4-7,12H2,1-3H3,(H,13,14);1H/t8?,9-;/m1./s1. The van der Waals surface area contributed by atoms with Crippen molar-refractivity contribution in [1.82, 2.24) is 5.32 Å². The Balaban J connectivity index is 0.00000225. The lowest BCUT2D eigenvalue weighted by molar-refractivity contribution is -0.124. The highest BCUT2D eigenvalue weighted by Gasteiger charge is 2.28. The number of carbonyl (C=O) groups is 1. The Labute approximate surface area is 104 Å². The van der Waals surface area contributed by atoms with E-state index in [1.807, 2.05) is 20.8 Å². The second-order valence-electron chi connectivity index (χ2n) is 5.32. The minimum absolute atomic E-state index is 0. The zero-order valence-electron chi connectivity index (χ0n) is 10.3. The SMILES string of the molecule is CC(C)(C)[C@H](N)C(=O)NCC1CCOC1.Cl. The van der Waals surface area contributed by atoms with Gasteiger partial charge in [-0.05, 0) is 11.8 Å². The van der Waals surface area contributed by atoms with Crippen LogP contribution in [0, 0.1) is 11.3 Å². The van der Waals surface area contributed by atoms with E-state index in [9.17, 15) is 4.79 Å². The normalized spacial score (nSPS) is 22.4. The van der Waals surface area contributed by atoms with Crippen molar-refractivity contribution in [2.75, 3.05) is 19.8 Å². The van der Waals surface area contributed by atoms with Gasteiger partial charge in [-0.3, -0.25) is 4.79 Å². The number of hydrogen-bond acceptors (Lipinski definition) is 3. The van der Waals surface area contributed by atoms with Gasteiger partial charge in [0.05, 0.1) is 12.6 Å². The molecule has 0 aromatic carbocycles. The minimum atomic E-state index is -0.445. The molecule has 0 aromatic heterocycles. The summed E-state index contributed by atoms with van der Waals surface area (Å²) in [6.07, 6.45) is 1.03. The Bertz CT molecular complexity index is 223. The van der Waals surface area contributed by atoms with Crippen LogP contribution in [0.25, 0.3) is 0 Å². The third-order valence-electron chi connectivity index (χ3n) is 2.80. The van der Waals surface area contributed by atoms with Crippen LogP contribution in [0.1, 0.15) is 27.2 Å². The first kappa shape index (κ1) is 15.7. The zero-order chi connectivity index (χ0) is 11.5. The topological polar surface area (TPSA) is 64.4 Å². The fourth-order valence-corrected chi connectivity index (χ4v) is 1.49. The van der Waals surface area contributed by atoms with Gasteiger partial charge < -0.3 is 15.8 Å². The van der Waals surface area contributed by atoms with Crippen molar-refractivity contribution in [2.45, 2.75) is 33.2 Å². The fourth-order valence-electron chi connectivity index (χ4n) is 1.49. The van der Waals surface area contributed by atoms with Gasteiger partial charge in [-0.25, -0.2) is 0 Å². The van der Waals surface area contributed by atoms with Crippen LogP contribution >= 0.6 is 12.4 Å². The number of rotatable bonds is 3. The summed E-state index contributed by atoms with van der Waals surface area (Å²) in [7, 11) is 0. The van der Waals surface area contributed by atoms with Crippen LogP contribution in [-0.4, -0.2) is 31.7 Å². The smallest absolute Gasteiger partial charge is 0.237 e. The molecule has 0 saturated carbocycles. The zero-order valence-corrected chi connectivity index (χ0v) is 11.1. The second-order valence-corrected chi connectivity index (χ2v) is 5.32. The Morgan fingerprint density at radius 2 is 2.19 bits per heavy atom. The van der Waals surface area contributed by atoms with E-state index in [2.05, 4.69) is 5.32 Å². The van der Waals surface area contributed by atoms with Crippen LogP contribution in [0.2, 0.25) is 0 Å². The molecule has 0 radical (unpaired) electrons. The number of nitrogens with two attached hydrogens (primary N) is 1. The molecule has 1 aliphatic rings. The van der Waals surface area contributed by atoms with Gasteiger partial charge >= 0.3 is 0 Å². The minimum Gasteiger partial charge on any atom is -0.381 e. The predicted molar refractivity (Wildman–Crippen MR) is 66.6 cm³/mol. The van der Waals surface area contributed by atoms with Crippen LogP contribution in [0.3, 0.4) is 0 Å². The summed E-state index contributed by atoms with van der Waals surface area (Å²) >= 11 is 0. The Morgan fingerprint density at radius 1 is 1.56 bits per heavy atom. The van der Waals surface area contributed by atoms with E-state index in [1.165, 1.54) is 0 Å². The van der Waals surface area contributed by atoms with Gasteiger partial charge in [-0.2, -0.15) is 0 Å². The van der Waals surface area contributed by atoms with E-state index in [4.69, 9.17) is 10.5 Å². The van der Waals surface area contributed by atoms with Crippen LogP contribution in [0.15, 0.2) is 0 Å². The predicted octanol–water partition coefficient (Wildman–Crippen LogP) is 0.934.